The van der Waals surface area contributed by atoms with Gasteiger partial charge in [0, 0.05) is 11.6 Å². The van der Waals surface area contributed by atoms with Crippen molar-refractivity contribution in [3.8, 4) is 0 Å². The molecule has 1 aromatic carbocycles. The monoisotopic (exact) mass is 365 g/mol. The number of carbonyl (C=O) groups is 3. The van der Waals surface area contributed by atoms with Crippen LogP contribution in [-0.2, 0) is 9.59 Å². The van der Waals surface area contributed by atoms with E-state index in [9.17, 15) is 23.2 Å². The number of hydrogen-bond acceptors (Lipinski definition) is 3. The maximum Gasteiger partial charge on any atom is 0.325 e. The van der Waals surface area contributed by atoms with E-state index in [4.69, 9.17) is 0 Å². The fourth-order valence-corrected chi connectivity index (χ4v) is 3.68. The van der Waals surface area contributed by atoms with Crippen molar-refractivity contribution in [1.82, 2.24) is 15.5 Å². The summed E-state index contributed by atoms with van der Waals surface area (Å²) in [4.78, 5) is 37.9. The van der Waals surface area contributed by atoms with E-state index in [2.05, 4.69) is 10.6 Å². The highest BCUT2D eigenvalue weighted by Gasteiger charge is 2.51. The second-order valence-electron chi connectivity index (χ2n) is 6.92. The third-order valence-corrected chi connectivity index (χ3v) is 5.06. The highest BCUT2D eigenvalue weighted by molar-refractivity contribution is 6.09. The van der Waals surface area contributed by atoms with Crippen LogP contribution in [0, 0.1) is 11.6 Å². The molecule has 1 aliphatic carbocycles. The minimum Gasteiger partial charge on any atom is -0.348 e. The Kier molecular flexibility index (Phi) is 4.93. The van der Waals surface area contributed by atoms with E-state index in [1.165, 1.54) is 6.07 Å². The predicted molar refractivity (Wildman–Crippen MR) is 89.0 cm³/mol. The highest BCUT2D eigenvalue weighted by atomic mass is 19.1. The van der Waals surface area contributed by atoms with Crippen LogP contribution in [0.1, 0.15) is 50.6 Å². The van der Waals surface area contributed by atoms with Crippen molar-refractivity contribution in [1.29, 1.82) is 0 Å². The molecule has 2 fully saturated rings. The largest absolute Gasteiger partial charge is 0.348 e. The summed E-state index contributed by atoms with van der Waals surface area (Å²) in [7, 11) is 0. The van der Waals surface area contributed by atoms with Crippen LogP contribution in [0.5, 0.6) is 0 Å². The van der Waals surface area contributed by atoms with Crippen LogP contribution in [0.4, 0.5) is 13.6 Å². The summed E-state index contributed by atoms with van der Waals surface area (Å²) in [5.41, 5.74) is -0.759. The van der Waals surface area contributed by atoms with Crippen LogP contribution in [0.25, 0.3) is 0 Å². The van der Waals surface area contributed by atoms with Gasteiger partial charge in [0.2, 0.25) is 5.91 Å². The number of carbonyl (C=O) groups excluding carboxylic acids is 3. The van der Waals surface area contributed by atoms with Crippen molar-refractivity contribution < 1.29 is 23.2 Å². The molecule has 26 heavy (non-hydrogen) atoms. The predicted octanol–water partition coefficient (Wildman–Crippen LogP) is 2.40. The highest BCUT2D eigenvalue weighted by Crippen LogP contribution is 2.33. The molecule has 2 aliphatic rings. The molecule has 1 atom stereocenters. The lowest BCUT2D eigenvalue weighted by molar-refractivity contribution is -0.136. The number of hydrogen-bond donors (Lipinski definition) is 2. The van der Waals surface area contributed by atoms with E-state index in [0.29, 0.717) is 12.8 Å². The fourth-order valence-electron chi connectivity index (χ4n) is 3.68. The molecule has 3 rings (SSSR count). The Hall–Kier alpha value is -2.51. The van der Waals surface area contributed by atoms with Crippen LogP contribution in [0.2, 0.25) is 0 Å². The first-order chi connectivity index (χ1) is 12.3. The molecule has 1 aromatic rings. The van der Waals surface area contributed by atoms with Crippen molar-refractivity contribution >= 4 is 17.8 Å². The van der Waals surface area contributed by atoms with Gasteiger partial charge in [0.25, 0.3) is 5.91 Å². The molecule has 8 heteroatoms. The van der Waals surface area contributed by atoms with Crippen molar-refractivity contribution in [2.75, 3.05) is 6.54 Å². The van der Waals surface area contributed by atoms with Gasteiger partial charge >= 0.3 is 6.03 Å². The van der Waals surface area contributed by atoms with E-state index in [0.717, 1.165) is 36.3 Å². The van der Waals surface area contributed by atoms with Gasteiger partial charge in [-0.15, -0.1) is 0 Å². The number of imide groups is 1. The number of rotatable bonds is 4. The standard InChI is InChI=1S/C18H21F2N3O3/c1-11(13-6-5-12(19)9-14(13)20)21-15(24)10-23-16(25)18(22-17(23)26)7-3-2-4-8-18/h5-6,9,11H,2-4,7-8,10H2,1H3,(H,21,24)(H,22,26)/t11-/m0/s1. The smallest absolute Gasteiger partial charge is 0.325 e. The van der Waals surface area contributed by atoms with Crippen LogP contribution in [0.15, 0.2) is 18.2 Å². The van der Waals surface area contributed by atoms with Crippen molar-refractivity contribution in [3.05, 3.63) is 35.4 Å². The average molecular weight is 365 g/mol. The molecule has 0 radical (unpaired) electrons. The van der Waals surface area contributed by atoms with E-state index in [1.807, 2.05) is 0 Å². The number of nitrogens with one attached hydrogen (secondary N) is 2. The number of halogens is 2. The van der Waals surface area contributed by atoms with Gasteiger partial charge in [-0.3, -0.25) is 14.5 Å². The Balaban J connectivity index is 1.64. The quantitative estimate of drug-likeness (QED) is 0.805. The summed E-state index contributed by atoms with van der Waals surface area (Å²) in [6.45, 7) is 1.11. The molecule has 0 bridgehead atoms. The topological polar surface area (TPSA) is 78.5 Å². The minimum absolute atomic E-state index is 0.126. The molecule has 1 heterocycles. The van der Waals surface area contributed by atoms with Gasteiger partial charge in [0.15, 0.2) is 0 Å². The molecule has 4 amide bonds. The van der Waals surface area contributed by atoms with Crippen molar-refractivity contribution in [3.63, 3.8) is 0 Å². The first-order valence-electron chi connectivity index (χ1n) is 8.71. The summed E-state index contributed by atoms with van der Waals surface area (Å²) in [5.74, 6) is -2.44. The molecule has 1 spiro atoms. The summed E-state index contributed by atoms with van der Waals surface area (Å²) >= 11 is 0. The molecule has 140 valence electrons. The SMILES string of the molecule is C[C@H](NC(=O)CN1C(=O)NC2(CCCCC2)C1=O)c1ccc(F)cc1F. The molecule has 0 aromatic heterocycles. The lowest BCUT2D eigenvalue weighted by Crippen LogP contribution is -2.49. The maximum absolute atomic E-state index is 13.8. The molecule has 1 saturated carbocycles. The van der Waals surface area contributed by atoms with Crippen LogP contribution in [0.3, 0.4) is 0 Å². The summed E-state index contributed by atoms with van der Waals surface area (Å²) in [6, 6.07) is 1.79. The van der Waals surface area contributed by atoms with Crippen LogP contribution in [-0.4, -0.2) is 34.8 Å². The summed E-state index contributed by atoms with van der Waals surface area (Å²) < 4.78 is 26.8. The van der Waals surface area contributed by atoms with E-state index in [1.54, 1.807) is 6.92 Å². The zero-order valence-electron chi connectivity index (χ0n) is 14.5. The average Bonchev–Trinajstić information content (AvgIpc) is 2.79. The molecule has 2 N–H and O–H groups in total. The Morgan fingerprint density at radius 1 is 1.27 bits per heavy atom. The van der Waals surface area contributed by atoms with Gasteiger partial charge < -0.3 is 10.6 Å². The fraction of sp³-hybridized carbons (Fsp3) is 0.500. The van der Waals surface area contributed by atoms with Gasteiger partial charge in [-0.1, -0.05) is 25.3 Å². The molecule has 0 unspecified atom stereocenters. The Morgan fingerprint density at radius 3 is 2.62 bits per heavy atom. The molecule has 1 saturated heterocycles. The first-order valence-corrected chi connectivity index (χ1v) is 8.71. The minimum atomic E-state index is -0.885. The number of urea groups is 1. The van der Waals surface area contributed by atoms with Crippen LogP contribution >= 0.6 is 0 Å². The zero-order valence-corrected chi connectivity index (χ0v) is 14.5. The van der Waals surface area contributed by atoms with Crippen molar-refractivity contribution in [2.45, 2.75) is 50.6 Å². The van der Waals surface area contributed by atoms with Gasteiger partial charge in [0.05, 0.1) is 6.04 Å². The second-order valence-corrected chi connectivity index (χ2v) is 6.92. The third-order valence-electron chi connectivity index (χ3n) is 5.06. The normalized spacial score (nSPS) is 20.2. The van der Waals surface area contributed by atoms with Gasteiger partial charge in [-0.25, -0.2) is 13.6 Å². The molecule has 1 aliphatic heterocycles. The summed E-state index contributed by atoms with van der Waals surface area (Å²) in [5, 5.41) is 5.27. The van der Waals surface area contributed by atoms with Gasteiger partial charge in [-0.05, 0) is 25.8 Å². The molecular weight excluding hydrogens is 344 g/mol. The maximum atomic E-state index is 13.8. The number of amides is 4. The first kappa shape index (κ1) is 18.3. The number of nitrogens with zero attached hydrogens (tertiary/aromatic N) is 1. The Labute approximate surface area is 149 Å². The second kappa shape index (κ2) is 7.01. The van der Waals surface area contributed by atoms with Crippen LogP contribution < -0.4 is 10.6 Å². The zero-order chi connectivity index (χ0) is 18.9. The Morgan fingerprint density at radius 2 is 1.96 bits per heavy atom. The summed E-state index contributed by atoms with van der Waals surface area (Å²) in [6.07, 6.45) is 3.88. The molecule has 6 nitrogen and oxygen atoms in total. The third kappa shape index (κ3) is 3.40. The van der Waals surface area contributed by atoms with Gasteiger partial charge in [0.1, 0.15) is 23.7 Å². The van der Waals surface area contributed by atoms with E-state index >= 15 is 0 Å². The Bertz CT molecular complexity index is 747. The van der Waals surface area contributed by atoms with Gasteiger partial charge in [-0.2, -0.15) is 0 Å². The lowest BCUT2D eigenvalue weighted by Gasteiger charge is -2.30. The number of benzene rings is 1. The van der Waals surface area contributed by atoms with E-state index < -0.39 is 41.7 Å². The van der Waals surface area contributed by atoms with E-state index in [-0.39, 0.29) is 11.5 Å². The molecular formula is C18H21F2N3O3. The van der Waals surface area contributed by atoms with Crippen molar-refractivity contribution in [2.24, 2.45) is 0 Å². The lowest BCUT2D eigenvalue weighted by atomic mass is 9.82.